The van der Waals surface area contributed by atoms with Crippen LogP contribution in [0.5, 0.6) is 0 Å². The van der Waals surface area contributed by atoms with Gasteiger partial charge in [-0.2, -0.15) is 0 Å². The van der Waals surface area contributed by atoms with Gasteiger partial charge in [-0.1, -0.05) is 0 Å². The molecule has 0 saturated carbocycles. The fourth-order valence-electron chi connectivity index (χ4n) is 1.81. The van der Waals surface area contributed by atoms with Gasteiger partial charge >= 0.3 is 0 Å². The third kappa shape index (κ3) is 2.83. The topological polar surface area (TPSA) is 29.1 Å². The van der Waals surface area contributed by atoms with Crippen molar-refractivity contribution in [1.29, 1.82) is 0 Å². The Balaban J connectivity index is 2.15. The van der Waals surface area contributed by atoms with Crippen LogP contribution in [0.1, 0.15) is 19.8 Å². The van der Waals surface area contributed by atoms with Crippen LogP contribution in [0.15, 0.2) is 22.7 Å². The summed E-state index contributed by atoms with van der Waals surface area (Å²) in [5, 5.41) is 2.79. The predicted molar refractivity (Wildman–Crippen MR) is 72.8 cm³/mol. The lowest BCUT2D eigenvalue weighted by atomic mass is 10.0. The summed E-state index contributed by atoms with van der Waals surface area (Å²) < 4.78 is 13.4. The molecule has 1 aromatic rings. The Labute approximate surface area is 112 Å². The van der Waals surface area contributed by atoms with E-state index in [1.54, 1.807) is 17.8 Å². The maximum absolute atomic E-state index is 13.1. The Kier molecular flexibility index (Phi) is 3.78. The van der Waals surface area contributed by atoms with Gasteiger partial charge in [0.2, 0.25) is 5.91 Å². The standard InChI is InChI=1S/C12H13BrFNOS/c1-12(5-2-6-17-12)11(16)15-10-7-8(14)3-4-9(10)13/h3-4,7H,2,5-6H2,1H3,(H,15,16). The molecule has 2 nitrogen and oxygen atoms in total. The van der Waals surface area contributed by atoms with E-state index in [4.69, 9.17) is 0 Å². The van der Waals surface area contributed by atoms with E-state index in [9.17, 15) is 9.18 Å². The average Bonchev–Trinajstić information content (AvgIpc) is 2.72. The van der Waals surface area contributed by atoms with Crippen LogP contribution in [-0.4, -0.2) is 16.4 Å². The van der Waals surface area contributed by atoms with Gasteiger partial charge in [0.25, 0.3) is 0 Å². The number of amides is 1. The van der Waals surface area contributed by atoms with E-state index in [-0.39, 0.29) is 16.5 Å². The molecular weight excluding hydrogens is 305 g/mol. The maximum atomic E-state index is 13.1. The highest BCUT2D eigenvalue weighted by Crippen LogP contribution is 2.39. The van der Waals surface area contributed by atoms with Gasteiger partial charge in [-0.05, 0) is 59.6 Å². The molecule has 2 rings (SSSR count). The van der Waals surface area contributed by atoms with E-state index in [1.807, 2.05) is 6.92 Å². The molecule has 17 heavy (non-hydrogen) atoms. The van der Waals surface area contributed by atoms with Crippen molar-refractivity contribution in [3.63, 3.8) is 0 Å². The number of carbonyl (C=O) groups excluding carboxylic acids is 1. The van der Waals surface area contributed by atoms with Crippen LogP contribution in [0, 0.1) is 5.82 Å². The average molecular weight is 318 g/mol. The fourth-order valence-corrected chi connectivity index (χ4v) is 3.36. The number of benzene rings is 1. The highest BCUT2D eigenvalue weighted by molar-refractivity contribution is 9.10. The van der Waals surface area contributed by atoms with Crippen LogP contribution in [0.2, 0.25) is 0 Å². The molecule has 1 fully saturated rings. The summed E-state index contributed by atoms with van der Waals surface area (Å²) in [6.07, 6.45) is 1.93. The lowest BCUT2D eigenvalue weighted by molar-refractivity contribution is -0.118. The number of thioether (sulfide) groups is 1. The first-order valence-corrected chi connectivity index (χ1v) is 7.20. The molecule has 1 atom stereocenters. The summed E-state index contributed by atoms with van der Waals surface area (Å²) in [6.45, 7) is 1.94. The summed E-state index contributed by atoms with van der Waals surface area (Å²) in [7, 11) is 0. The molecule has 1 unspecified atom stereocenters. The van der Waals surface area contributed by atoms with Crippen molar-refractivity contribution in [3.8, 4) is 0 Å². The van der Waals surface area contributed by atoms with E-state index in [0.717, 1.165) is 18.6 Å². The molecule has 92 valence electrons. The lowest BCUT2D eigenvalue weighted by Crippen LogP contribution is -2.34. The molecule has 1 aliphatic rings. The highest BCUT2D eigenvalue weighted by Gasteiger charge is 2.37. The van der Waals surface area contributed by atoms with Crippen molar-refractivity contribution in [1.82, 2.24) is 0 Å². The molecule has 1 amide bonds. The zero-order valence-electron chi connectivity index (χ0n) is 9.43. The van der Waals surface area contributed by atoms with Crippen molar-refractivity contribution in [3.05, 3.63) is 28.5 Å². The van der Waals surface area contributed by atoms with Crippen LogP contribution in [0.3, 0.4) is 0 Å². The van der Waals surface area contributed by atoms with Crippen molar-refractivity contribution in [2.75, 3.05) is 11.1 Å². The monoisotopic (exact) mass is 317 g/mol. The van der Waals surface area contributed by atoms with Crippen LogP contribution in [-0.2, 0) is 4.79 Å². The minimum absolute atomic E-state index is 0.0497. The molecule has 1 aliphatic heterocycles. The Bertz CT molecular complexity index is 446. The Morgan fingerprint density at radius 1 is 1.59 bits per heavy atom. The minimum atomic E-state index is -0.383. The van der Waals surface area contributed by atoms with E-state index in [2.05, 4.69) is 21.2 Å². The molecule has 1 N–H and O–H groups in total. The molecule has 1 aromatic carbocycles. The zero-order chi connectivity index (χ0) is 12.5. The number of carbonyl (C=O) groups is 1. The first-order valence-electron chi connectivity index (χ1n) is 5.42. The smallest absolute Gasteiger partial charge is 0.240 e. The number of hydrogen-bond donors (Lipinski definition) is 1. The van der Waals surface area contributed by atoms with Gasteiger partial charge in [-0.3, -0.25) is 4.79 Å². The SMILES string of the molecule is CC1(C(=O)Nc2cc(F)ccc2Br)CCCS1. The van der Waals surface area contributed by atoms with E-state index < -0.39 is 0 Å². The van der Waals surface area contributed by atoms with Gasteiger partial charge in [0.1, 0.15) is 5.82 Å². The van der Waals surface area contributed by atoms with Gasteiger partial charge in [0.15, 0.2) is 0 Å². The second kappa shape index (κ2) is 4.98. The molecule has 0 aliphatic carbocycles. The Morgan fingerprint density at radius 3 is 3.00 bits per heavy atom. The van der Waals surface area contributed by atoms with Gasteiger partial charge in [-0.25, -0.2) is 4.39 Å². The summed E-state index contributed by atoms with van der Waals surface area (Å²) in [4.78, 5) is 12.1. The van der Waals surface area contributed by atoms with Crippen molar-refractivity contribution in [2.24, 2.45) is 0 Å². The molecular formula is C12H13BrFNOS. The quantitative estimate of drug-likeness (QED) is 0.898. The van der Waals surface area contributed by atoms with Gasteiger partial charge in [-0.15, -0.1) is 11.8 Å². The predicted octanol–water partition coefficient (Wildman–Crippen LogP) is 3.81. The summed E-state index contributed by atoms with van der Waals surface area (Å²) in [6, 6.07) is 4.27. The number of hydrogen-bond acceptors (Lipinski definition) is 2. The Hall–Kier alpha value is -0.550. The third-order valence-electron chi connectivity index (χ3n) is 2.88. The van der Waals surface area contributed by atoms with Gasteiger partial charge in [0.05, 0.1) is 10.4 Å². The number of rotatable bonds is 2. The lowest BCUT2D eigenvalue weighted by Gasteiger charge is -2.21. The maximum Gasteiger partial charge on any atom is 0.240 e. The number of anilines is 1. The summed E-state index contributed by atoms with van der Waals surface area (Å²) >= 11 is 4.96. The number of nitrogens with one attached hydrogen (secondary N) is 1. The van der Waals surface area contributed by atoms with Crippen LogP contribution >= 0.6 is 27.7 Å². The first-order chi connectivity index (χ1) is 8.01. The van der Waals surface area contributed by atoms with Gasteiger partial charge < -0.3 is 5.32 Å². The molecule has 0 aromatic heterocycles. The molecule has 0 bridgehead atoms. The normalized spacial score (nSPS) is 23.7. The van der Waals surface area contributed by atoms with E-state index in [0.29, 0.717) is 10.2 Å². The zero-order valence-corrected chi connectivity index (χ0v) is 11.8. The van der Waals surface area contributed by atoms with Crippen molar-refractivity contribution >= 4 is 39.3 Å². The van der Waals surface area contributed by atoms with Crippen LogP contribution < -0.4 is 5.32 Å². The first kappa shape index (κ1) is 12.9. The second-order valence-electron chi connectivity index (χ2n) is 4.26. The van der Waals surface area contributed by atoms with Crippen molar-refractivity contribution < 1.29 is 9.18 Å². The fraction of sp³-hybridized carbons (Fsp3) is 0.417. The minimum Gasteiger partial charge on any atom is -0.324 e. The van der Waals surface area contributed by atoms with Crippen LogP contribution in [0.4, 0.5) is 10.1 Å². The third-order valence-corrected chi connectivity index (χ3v) is 5.09. The Morgan fingerprint density at radius 2 is 2.35 bits per heavy atom. The summed E-state index contributed by atoms with van der Waals surface area (Å²) in [5.41, 5.74) is 0.490. The number of halogens is 2. The molecule has 1 saturated heterocycles. The van der Waals surface area contributed by atoms with E-state index in [1.165, 1.54) is 12.1 Å². The molecule has 0 radical (unpaired) electrons. The second-order valence-corrected chi connectivity index (χ2v) is 6.71. The largest absolute Gasteiger partial charge is 0.324 e. The van der Waals surface area contributed by atoms with Crippen LogP contribution in [0.25, 0.3) is 0 Å². The summed E-state index contributed by atoms with van der Waals surface area (Å²) in [5.74, 6) is 0.604. The van der Waals surface area contributed by atoms with Crippen molar-refractivity contribution in [2.45, 2.75) is 24.5 Å². The van der Waals surface area contributed by atoms with E-state index >= 15 is 0 Å². The molecule has 5 heteroatoms. The highest BCUT2D eigenvalue weighted by atomic mass is 79.9. The van der Waals surface area contributed by atoms with Gasteiger partial charge in [0, 0.05) is 4.47 Å². The molecule has 1 heterocycles. The molecule has 0 spiro atoms.